The number of amides is 1. The number of hydrogen-bond donors (Lipinski definition) is 1. The average molecular weight is 379 g/mol. The summed E-state index contributed by atoms with van der Waals surface area (Å²) in [6.45, 7) is 4.97. The molecule has 0 aliphatic rings. The predicted molar refractivity (Wildman–Crippen MR) is 106 cm³/mol. The van der Waals surface area contributed by atoms with Crippen molar-refractivity contribution >= 4 is 28.5 Å². The second-order valence-electron chi connectivity index (χ2n) is 6.63. The lowest BCUT2D eigenvalue weighted by Crippen LogP contribution is -2.33. The maximum absolute atomic E-state index is 12.4. The summed E-state index contributed by atoms with van der Waals surface area (Å²) in [7, 11) is 0. The Balaban J connectivity index is 1.66. The van der Waals surface area contributed by atoms with Crippen LogP contribution in [0.1, 0.15) is 18.1 Å². The van der Waals surface area contributed by atoms with E-state index in [2.05, 4.69) is 10.3 Å². The molecule has 0 bridgehead atoms. The quantitative estimate of drug-likeness (QED) is 0.688. The third kappa shape index (κ3) is 4.25. The van der Waals surface area contributed by atoms with Gasteiger partial charge in [-0.25, -0.2) is 4.98 Å². The minimum absolute atomic E-state index is 0.322. The number of nitrogens with one attached hydrogen (secondary N) is 1. The highest BCUT2D eigenvalue weighted by Gasteiger charge is 2.19. The zero-order valence-corrected chi connectivity index (χ0v) is 15.9. The van der Waals surface area contributed by atoms with E-state index in [0.717, 1.165) is 11.1 Å². The molecule has 0 radical (unpaired) electrons. The Morgan fingerprint density at radius 1 is 1.18 bits per heavy atom. The molecular formula is C21H21N3O4. The van der Waals surface area contributed by atoms with Crippen LogP contribution in [-0.4, -0.2) is 27.5 Å². The molecule has 0 unspecified atom stereocenters. The summed E-state index contributed by atoms with van der Waals surface area (Å²) in [4.78, 5) is 41.1. The fraction of sp³-hybridized carbons (Fsp3) is 0.238. The summed E-state index contributed by atoms with van der Waals surface area (Å²) >= 11 is 0. The van der Waals surface area contributed by atoms with E-state index < -0.39 is 18.0 Å². The molecule has 0 fully saturated rings. The Hall–Kier alpha value is -3.48. The number of aromatic nitrogens is 2. The zero-order chi connectivity index (χ0) is 20.3. The number of carbonyl (C=O) groups is 2. The van der Waals surface area contributed by atoms with E-state index in [1.807, 2.05) is 32.0 Å². The SMILES string of the molecule is Cc1ccc(C)c(NC(=O)[C@@H](C)OC(=O)Cn2cnc3ccccc3c2=O)c1. The van der Waals surface area contributed by atoms with Crippen molar-refractivity contribution in [2.45, 2.75) is 33.4 Å². The van der Waals surface area contributed by atoms with Crippen LogP contribution < -0.4 is 10.9 Å². The molecule has 0 aliphatic heterocycles. The number of anilines is 1. The highest BCUT2D eigenvalue weighted by atomic mass is 16.5. The number of carbonyl (C=O) groups excluding carboxylic acids is 2. The van der Waals surface area contributed by atoms with Crippen molar-refractivity contribution in [2.75, 3.05) is 5.32 Å². The van der Waals surface area contributed by atoms with Gasteiger partial charge >= 0.3 is 5.97 Å². The van der Waals surface area contributed by atoms with Gasteiger partial charge in [0.15, 0.2) is 6.10 Å². The van der Waals surface area contributed by atoms with Gasteiger partial charge in [0.05, 0.1) is 17.2 Å². The molecule has 2 aromatic carbocycles. The molecule has 0 saturated carbocycles. The molecule has 0 saturated heterocycles. The smallest absolute Gasteiger partial charge is 0.326 e. The van der Waals surface area contributed by atoms with Crippen molar-refractivity contribution in [2.24, 2.45) is 0 Å². The first-order valence-electron chi connectivity index (χ1n) is 8.87. The van der Waals surface area contributed by atoms with Crippen LogP contribution in [0.4, 0.5) is 5.69 Å². The maximum Gasteiger partial charge on any atom is 0.326 e. The largest absolute Gasteiger partial charge is 0.451 e. The van der Waals surface area contributed by atoms with Gasteiger partial charge in [0.1, 0.15) is 6.54 Å². The van der Waals surface area contributed by atoms with Gasteiger partial charge in [-0.15, -0.1) is 0 Å². The first kappa shape index (κ1) is 19.3. The van der Waals surface area contributed by atoms with Crippen molar-refractivity contribution in [1.29, 1.82) is 0 Å². The molecular weight excluding hydrogens is 358 g/mol. The van der Waals surface area contributed by atoms with Crippen molar-refractivity contribution in [3.8, 4) is 0 Å². The molecule has 1 N–H and O–H groups in total. The number of ether oxygens (including phenoxy) is 1. The third-order valence-corrected chi connectivity index (χ3v) is 4.36. The molecule has 1 atom stereocenters. The Morgan fingerprint density at radius 3 is 2.71 bits per heavy atom. The Bertz CT molecular complexity index is 1100. The molecule has 144 valence electrons. The molecule has 1 aromatic heterocycles. The van der Waals surface area contributed by atoms with Crippen LogP contribution >= 0.6 is 0 Å². The summed E-state index contributed by atoms with van der Waals surface area (Å²) in [5.74, 6) is -1.13. The van der Waals surface area contributed by atoms with E-state index in [-0.39, 0.29) is 12.1 Å². The van der Waals surface area contributed by atoms with Gasteiger partial charge in [-0.3, -0.25) is 19.0 Å². The summed E-state index contributed by atoms with van der Waals surface area (Å²) in [5.41, 5.74) is 2.80. The van der Waals surface area contributed by atoms with Gasteiger partial charge in [0.2, 0.25) is 0 Å². The molecule has 1 amide bonds. The van der Waals surface area contributed by atoms with Gasteiger partial charge in [-0.2, -0.15) is 0 Å². The minimum Gasteiger partial charge on any atom is -0.451 e. The van der Waals surface area contributed by atoms with Gasteiger partial charge in [-0.05, 0) is 50.1 Å². The normalized spacial score (nSPS) is 11.8. The fourth-order valence-electron chi connectivity index (χ4n) is 2.75. The van der Waals surface area contributed by atoms with E-state index in [0.29, 0.717) is 16.6 Å². The van der Waals surface area contributed by atoms with E-state index in [1.54, 1.807) is 24.3 Å². The molecule has 1 heterocycles. The van der Waals surface area contributed by atoms with Gasteiger partial charge in [-0.1, -0.05) is 24.3 Å². The van der Waals surface area contributed by atoms with Gasteiger partial charge in [0.25, 0.3) is 11.5 Å². The predicted octanol–water partition coefficient (Wildman–Crippen LogP) is 2.58. The van der Waals surface area contributed by atoms with E-state index in [1.165, 1.54) is 17.8 Å². The topological polar surface area (TPSA) is 90.3 Å². The van der Waals surface area contributed by atoms with Crippen LogP contribution in [0.25, 0.3) is 10.9 Å². The molecule has 7 heteroatoms. The number of hydrogen-bond acceptors (Lipinski definition) is 5. The lowest BCUT2D eigenvalue weighted by atomic mass is 10.1. The summed E-state index contributed by atoms with van der Waals surface area (Å²) in [6.07, 6.45) is 0.295. The Labute approximate surface area is 162 Å². The standard InChI is InChI=1S/C21H21N3O4/c1-13-8-9-14(2)18(10-13)23-20(26)15(3)28-19(25)11-24-12-22-17-7-5-4-6-16(17)21(24)27/h4-10,12,15H,11H2,1-3H3,(H,23,26)/t15-/m1/s1. The number of nitrogens with zero attached hydrogens (tertiary/aromatic N) is 2. The van der Waals surface area contributed by atoms with Gasteiger partial charge < -0.3 is 10.1 Å². The highest BCUT2D eigenvalue weighted by molar-refractivity contribution is 5.95. The molecule has 0 aliphatic carbocycles. The van der Waals surface area contributed by atoms with Crippen molar-refractivity contribution < 1.29 is 14.3 Å². The number of rotatable bonds is 5. The van der Waals surface area contributed by atoms with E-state index >= 15 is 0 Å². The monoisotopic (exact) mass is 379 g/mol. The Kier molecular flexibility index (Phi) is 5.54. The van der Waals surface area contributed by atoms with Crippen molar-refractivity contribution in [3.05, 3.63) is 70.3 Å². The van der Waals surface area contributed by atoms with Gasteiger partial charge in [0, 0.05) is 5.69 Å². The third-order valence-electron chi connectivity index (χ3n) is 4.36. The lowest BCUT2D eigenvalue weighted by Gasteiger charge is -2.15. The average Bonchev–Trinajstić information content (AvgIpc) is 2.67. The van der Waals surface area contributed by atoms with Crippen LogP contribution in [0, 0.1) is 13.8 Å². The second-order valence-corrected chi connectivity index (χ2v) is 6.63. The number of esters is 1. The Morgan fingerprint density at radius 2 is 1.93 bits per heavy atom. The van der Waals surface area contributed by atoms with Crippen LogP contribution in [0.15, 0.2) is 53.6 Å². The number of para-hydroxylation sites is 1. The molecule has 3 rings (SSSR count). The van der Waals surface area contributed by atoms with Crippen LogP contribution in [0.5, 0.6) is 0 Å². The number of aryl methyl sites for hydroxylation is 2. The first-order valence-corrected chi connectivity index (χ1v) is 8.87. The van der Waals surface area contributed by atoms with Crippen LogP contribution in [0.2, 0.25) is 0 Å². The summed E-state index contributed by atoms with van der Waals surface area (Å²) < 4.78 is 6.35. The number of benzene rings is 2. The van der Waals surface area contributed by atoms with E-state index in [4.69, 9.17) is 4.74 Å². The van der Waals surface area contributed by atoms with Crippen LogP contribution in [-0.2, 0) is 20.9 Å². The second kappa shape index (κ2) is 8.04. The van der Waals surface area contributed by atoms with Crippen molar-refractivity contribution in [3.63, 3.8) is 0 Å². The van der Waals surface area contributed by atoms with E-state index in [9.17, 15) is 14.4 Å². The number of fused-ring (bicyclic) bond motifs is 1. The highest BCUT2D eigenvalue weighted by Crippen LogP contribution is 2.17. The van der Waals surface area contributed by atoms with Crippen LogP contribution in [0.3, 0.4) is 0 Å². The fourth-order valence-corrected chi connectivity index (χ4v) is 2.75. The zero-order valence-electron chi connectivity index (χ0n) is 15.9. The molecule has 28 heavy (non-hydrogen) atoms. The maximum atomic E-state index is 12.4. The molecule has 0 spiro atoms. The molecule has 7 nitrogen and oxygen atoms in total. The lowest BCUT2D eigenvalue weighted by molar-refractivity contribution is -0.153. The minimum atomic E-state index is -1.00. The summed E-state index contributed by atoms with van der Waals surface area (Å²) in [6, 6.07) is 12.6. The molecule has 3 aromatic rings. The summed E-state index contributed by atoms with van der Waals surface area (Å²) in [5, 5.41) is 3.17. The first-order chi connectivity index (χ1) is 13.3. The van der Waals surface area contributed by atoms with Crippen molar-refractivity contribution in [1.82, 2.24) is 9.55 Å².